The van der Waals surface area contributed by atoms with Gasteiger partial charge in [-0.2, -0.15) is 0 Å². The van der Waals surface area contributed by atoms with E-state index in [1.54, 1.807) is 6.07 Å². The molecule has 2 bridgehead atoms. The van der Waals surface area contributed by atoms with Crippen LogP contribution in [0.3, 0.4) is 0 Å². The van der Waals surface area contributed by atoms with E-state index < -0.39 is 40.3 Å². The van der Waals surface area contributed by atoms with Gasteiger partial charge in [0.2, 0.25) is 9.84 Å². The van der Waals surface area contributed by atoms with Crippen LogP contribution in [0.4, 0.5) is 0 Å². The minimum Gasteiger partial charge on any atom is -0.508 e. The standard InChI is InChI=1S/C17H8Cl6O4S/c18-13-14(19)16(21)11-10(15(13,20)17(16,22)23)8(24)6-9(12(11)25)28(26,27)7-4-2-1-3-5-7/h1-6,24-25H. The van der Waals surface area contributed by atoms with Crippen molar-refractivity contribution in [1.82, 2.24) is 0 Å². The van der Waals surface area contributed by atoms with Crippen LogP contribution in [0, 0.1) is 0 Å². The molecule has 2 aromatic rings. The highest BCUT2D eigenvalue weighted by Gasteiger charge is 2.79. The van der Waals surface area contributed by atoms with Crippen molar-refractivity contribution < 1.29 is 18.6 Å². The average Bonchev–Trinajstić information content (AvgIpc) is 2.86. The largest absolute Gasteiger partial charge is 0.508 e. The maximum absolute atomic E-state index is 13.0. The molecule has 28 heavy (non-hydrogen) atoms. The Labute approximate surface area is 190 Å². The molecular formula is C17H8Cl6O4S. The maximum Gasteiger partial charge on any atom is 0.210 e. The van der Waals surface area contributed by atoms with Crippen molar-refractivity contribution in [3.05, 3.63) is 57.6 Å². The SMILES string of the molecule is O=S(=O)(c1ccccc1)c1cc(O)c2c(c1O)C1(Cl)C(Cl)=C(Cl)C2(Cl)C1(Cl)Cl. The summed E-state index contributed by atoms with van der Waals surface area (Å²) < 4.78 is 23.9. The molecule has 4 rings (SSSR count). The van der Waals surface area contributed by atoms with E-state index in [-0.39, 0.29) is 26.1 Å². The molecule has 0 heterocycles. The Balaban J connectivity index is 2.11. The third-order valence-corrected chi connectivity index (χ3v) is 10.8. The molecule has 2 aliphatic rings. The Kier molecular flexibility index (Phi) is 4.45. The van der Waals surface area contributed by atoms with Gasteiger partial charge in [0.1, 0.15) is 26.1 Å². The van der Waals surface area contributed by atoms with Gasteiger partial charge in [0, 0.05) is 17.2 Å². The lowest BCUT2D eigenvalue weighted by Gasteiger charge is -2.31. The minimum atomic E-state index is -4.24. The number of allylic oxidation sites excluding steroid dienone is 2. The fourth-order valence-electron chi connectivity index (χ4n) is 3.60. The molecule has 0 aromatic heterocycles. The lowest BCUT2D eigenvalue weighted by molar-refractivity contribution is 0.433. The number of phenolic OH excluding ortho intramolecular Hbond substituents is 2. The lowest BCUT2D eigenvalue weighted by atomic mass is 9.93. The Morgan fingerprint density at radius 3 is 1.86 bits per heavy atom. The van der Waals surface area contributed by atoms with Crippen LogP contribution in [0.15, 0.2) is 56.3 Å². The Bertz CT molecular complexity index is 1180. The van der Waals surface area contributed by atoms with Crippen molar-refractivity contribution in [1.29, 1.82) is 0 Å². The second kappa shape index (κ2) is 6.01. The number of hydrogen-bond donors (Lipinski definition) is 2. The smallest absolute Gasteiger partial charge is 0.210 e. The number of halogens is 6. The topological polar surface area (TPSA) is 74.6 Å². The molecular weight excluding hydrogens is 513 g/mol. The number of benzene rings is 2. The van der Waals surface area contributed by atoms with Gasteiger partial charge in [0.05, 0.1) is 15.0 Å². The summed E-state index contributed by atoms with van der Waals surface area (Å²) in [4.78, 5) is -4.77. The summed E-state index contributed by atoms with van der Waals surface area (Å²) in [5.74, 6) is -1.38. The Morgan fingerprint density at radius 1 is 0.821 bits per heavy atom. The van der Waals surface area contributed by atoms with Crippen LogP contribution < -0.4 is 0 Å². The summed E-state index contributed by atoms with van der Waals surface area (Å²) in [7, 11) is -4.24. The van der Waals surface area contributed by atoms with E-state index in [4.69, 9.17) is 69.6 Å². The van der Waals surface area contributed by atoms with Gasteiger partial charge >= 0.3 is 0 Å². The predicted octanol–water partition coefficient (Wildman–Crippen LogP) is 5.69. The van der Waals surface area contributed by atoms with Crippen LogP contribution >= 0.6 is 69.6 Å². The van der Waals surface area contributed by atoms with Gasteiger partial charge in [-0.1, -0.05) is 64.6 Å². The fourth-order valence-corrected chi connectivity index (χ4v) is 7.69. The van der Waals surface area contributed by atoms with Crippen LogP contribution in [0.25, 0.3) is 0 Å². The van der Waals surface area contributed by atoms with Crippen molar-refractivity contribution in [2.45, 2.75) is 23.9 Å². The summed E-state index contributed by atoms with van der Waals surface area (Å²) in [6.07, 6.45) is 0. The van der Waals surface area contributed by atoms with Crippen molar-refractivity contribution >= 4 is 79.4 Å². The molecule has 0 saturated heterocycles. The number of phenols is 2. The Morgan fingerprint density at radius 2 is 1.32 bits per heavy atom. The van der Waals surface area contributed by atoms with Crippen LogP contribution in [-0.4, -0.2) is 23.0 Å². The molecule has 0 amide bonds. The third kappa shape index (κ3) is 2.09. The quantitative estimate of drug-likeness (QED) is 0.394. The van der Waals surface area contributed by atoms with E-state index in [1.165, 1.54) is 24.3 Å². The van der Waals surface area contributed by atoms with Gasteiger partial charge < -0.3 is 10.2 Å². The molecule has 2 aromatic carbocycles. The van der Waals surface area contributed by atoms with Crippen LogP contribution in [0.2, 0.25) is 0 Å². The van der Waals surface area contributed by atoms with Gasteiger partial charge in [0.25, 0.3) is 0 Å². The molecule has 0 saturated carbocycles. The van der Waals surface area contributed by atoms with E-state index in [1.807, 2.05) is 0 Å². The molecule has 4 nitrogen and oxygen atoms in total. The highest BCUT2D eigenvalue weighted by Crippen LogP contribution is 2.80. The van der Waals surface area contributed by atoms with Crippen molar-refractivity contribution in [3.8, 4) is 11.5 Å². The van der Waals surface area contributed by atoms with Crippen molar-refractivity contribution in [2.75, 3.05) is 0 Å². The first-order valence-electron chi connectivity index (χ1n) is 7.56. The molecule has 0 fully saturated rings. The first-order valence-corrected chi connectivity index (χ1v) is 11.3. The molecule has 11 heteroatoms. The summed E-state index contributed by atoms with van der Waals surface area (Å²) in [6, 6.07) is 8.17. The fraction of sp³-hybridized carbons (Fsp3) is 0.176. The second-order valence-electron chi connectivity index (χ2n) is 6.33. The highest BCUT2D eigenvalue weighted by molar-refractivity contribution is 7.91. The molecule has 0 spiro atoms. The monoisotopic (exact) mass is 518 g/mol. The number of aromatic hydroxyl groups is 2. The van der Waals surface area contributed by atoms with E-state index in [0.717, 1.165) is 6.07 Å². The summed E-state index contributed by atoms with van der Waals surface area (Å²) in [5.41, 5.74) is -0.508. The van der Waals surface area contributed by atoms with E-state index in [2.05, 4.69) is 0 Å². The maximum atomic E-state index is 13.0. The van der Waals surface area contributed by atoms with Crippen LogP contribution in [0.5, 0.6) is 11.5 Å². The molecule has 2 aliphatic carbocycles. The minimum absolute atomic E-state index is 0.111. The van der Waals surface area contributed by atoms with E-state index in [0.29, 0.717) is 0 Å². The van der Waals surface area contributed by atoms with Gasteiger partial charge in [-0.05, 0) is 12.1 Å². The normalized spacial score (nSPS) is 27.9. The van der Waals surface area contributed by atoms with E-state index >= 15 is 0 Å². The zero-order chi connectivity index (χ0) is 20.9. The number of rotatable bonds is 2. The van der Waals surface area contributed by atoms with Gasteiger partial charge in [-0.15, -0.1) is 23.2 Å². The number of alkyl halides is 4. The summed E-state index contributed by atoms with van der Waals surface area (Å²) in [6.45, 7) is 0. The zero-order valence-electron chi connectivity index (χ0n) is 13.4. The lowest BCUT2D eigenvalue weighted by Crippen LogP contribution is -2.39. The van der Waals surface area contributed by atoms with Crippen molar-refractivity contribution in [2.24, 2.45) is 0 Å². The third-order valence-electron chi connectivity index (χ3n) is 4.94. The average molecular weight is 521 g/mol. The molecule has 0 aliphatic heterocycles. The first kappa shape index (κ1) is 20.7. The number of hydrogen-bond acceptors (Lipinski definition) is 4. The molecule has 2 unspecified atom stereocenters. The van der Waals surface area contributed by atoms with Gasteiger partial charge in [-0.3, -0.25) is 0 Å². The highest BCUT2D eigenvalue weighted by atomic mass is 35.5. The second-order valence-corrected chi connectivity index (χ2v) is 11.5. The van der Waals surface area contributed by atoms with Crippen molar-refractivity contribution in [3.63, 3.8) is 0 Å². The summed E-state index contributed by atoms with van der Waals surface area (Å²) >= 11 is 38.4. The molecule has 0 radical (unpaired) electrons. The van der Waals surface area contributed by atoms with Gasteiger partial charge in [0.15, 0.2) is 4.33 Å². The van der Waals surface area contributed by atoms with Gasteiger partial charge in [-0.25, -0.2) is 8.42 Å². The first-order chi connectivity index (χ1) is 12.8. The summed E-state index contributed by atoms with van der Waals surface area (Å²) in [5, 5.41) is 21.0. The number of sulfone groups is 1. The molecule has 2 N–H and O–H groups in total. The van der Waals surface area contributed by atoms with Crippen LogP contribution in [0.1, 0.15) is 11.1 Å². The predicted molar refractivity (Wildman–Crippen MR) is 110 cm³/mol. The molecule has 2 atom stereocenters. The zero-order valence-corrected chi connectivity index (χ0v) is 18.7. The molecule has 148 valence electrons. The number of fused-ring (bicyclic) bond motifs is 5. The van der Waals surface area contributed by atoms with Crippen LogP contribution in [-0.2, 0) is 19.6 Å². The Hall–Kier alpha value is -0.530. The van der Waals surface area contributed by atoms with E-state index in [9.17, 15) is 18.6 Å².